The van der Waals surface area contributed by atoms with Gasteiger partial charge in [-0.05, 0) is 37.9 Å². The normalized spacial score (nSPS) is 17.1. The number of halogens is 1. The van der Waals surface area contributed by atoms with Gasteiger partial charge in [0.25, 0.3) is 0 Å². The van der Waals surface area contributed by atoms with Crippen molar-refractivity contribution in [3.05, 3.63) is 35.6 Å². The summed E-state index contributed by atoms with van der Waals surface area (Å²) >= 11 is 0. The van der Waals surface area contributed by atoms with E-state index in [0.717, 1.165) is 31.1 Å². The van der Waals surface area contributed by atoms with Crippen LogP contribution < -0.4 is 0 Å². The Morgan fingerprint density at radius 2 is 1.78 bits per heavy atom. The zero-order valence-electron chi connectivity index (χ0n) is 12.0. The van der Waals surface area contributed by atoms with Crippen molar-refractivity contribution in [3.8, 4) is 0 Å². The molecule has 0 unspecified atom stereocenters. The van der Waals surface area contributed by atoms with E-state index in [1.54, 1.807) is 12.1 Å². The predicted octanol–water partition coefficient (Wildman–Crippen LogP) is 4.47. The summed E-state index contributed by atoms with van der Waals surface area (Å²) in [5.74, 6) is 0.817. The smallest absolute Gasteiger partial charge is 0.127 e. The van der Waals surface area contributed by atoms with Crippen molar-refractivity contribution < 1.29 is 4.39 Å². The van der Waals surface area contributed by atoms with Crippen LogP contribution in [0.5, 0.6) is 0 Å². The van der Waals surface area contributed by atoms with E-state index in [-0.39, 0.29) is 5.82 Å². The molecule has 0 bridgehead atoms. The SMILES string of the molecule is CC.CCC1CCN(Cc2ccccc2F)CC1. The number of likely N-dealkylation sites (tertiary alicyclic amines) is 1. The monoisotopic (exact) mass is 251 g/mol. The quantitative estimate of drug-likeness (QED) is 0.766. The van der Waals surface area contributed by atoms with Crippen LogP contribution in [0.4, 0.5) is 4.39 Å². The van der Waals surface area contributed by atoms with Crippen LogP contribution in [0, 0.1) is 11.7 Å². The van der Waals surface area contributed by atoms with Crippen LogP contribution in [0.25, 0.3) is 0 Å². The molecule has 1 saturated heterocycles. The van der Waals surface area contributed by atoms with E-state index in [1.165, 1.54) is 19.3 Å². The Morgan fingerprint density at radius 1 is 1.17 bits per heavy atom. The first kappa shape index (κ1) is 15.2. The highest BCUT2D eigenvalue weighted by Crippen LogP contribution is 2.21. The molecule has 18 heavy (non-hydrogen) atoms. The predicted molar refractivity (Wildman–Crippen MR) is 76.0 cm³/mol. The lowest BCUT2D eigenvalue weighted by atomic mass is 9.94. The van der Waals surface area contributed by atoms with E-state index in [2.05, 4.69) is 11.8 Å². The zero-order chi connectivity index (χ0) is 13.4. The fourth-order valence-corrected chi connectivity index (χ4v) is 2.42. The van der Waals surface area contributed by atoms with Gasteiger partial charge in [-0.25, -0.2) is 4.39 Å². The maximum absolute atomic E-state index is 13.5. The average molecular weight is 251 g/mol. The van der Waals surface area contributed by atoms with Gasteiger partial charge in [0.05, 0.1) is 0 Å². The van der Waals surface area contributed by atoms with Gasteiger partial charge in [0.15, 0.2) is 0 Å². The summed E-state index contributed by atoms with van der Waals surface area (Å²) in [4.78, 5) is 2.37. The van der Waals surface area contributed by atoms with Gasteiger partial charge in [0.1, 0.15) is 5.82 Å². The number of nitrogens with zero attached hydrogens (tertiary/aromatic N) is 1. The maximum Gasteiger partial charge on any atom is 0.127 e. The molecule has 0 N–H and O–H groups in total. The Balaban J connectivity index is 0.000000771. The van der Waals surface area contributed by atoms with Crippen LogP contribution in [0.3, 0.4) is 0 Å². The number of rotatable bonds is 3. The number of hydrogen-bond donors (Lipinski definition) is 0. The van der Waals surface area contributed by atoms with Gasteiger partial charge in [-0.15, -0.1) is 0 Å². The lowest BCUT2D eigenvalue weighted by Crippen LogP contribution is -2.33. The standard InChI is InChI=1S/C14H20FN.C2H6/c1-2-12-7-9-16(10-8-12)11-13-5-3-4-6-14(13)15;1-2/h3-6,12H,2,7-11H2,1H3;1-2H3. The minimum atomic E-state index is -0.0693. The lowest BCUT2D eigenvalue weighted by molar-refractivity contribution is 0.173. The summed E-state index contributed by atoms with van der Waals surface area (Å²) in [6.45, 7) is 9.26. The van der Waals surface area contributed by atoms with Gasteiger partial charge in [-0.2, -0.15) is 0 Å². The van der Waals surface area contributed by atoms with E-state index < -0.39 is 0 Å². The number of hydrogen-bond acceptors (Lipinski definition) is 1. The van der Waals surface area contributed by atoms with Crippen molar-refractivity contribution in [2.75, 3.05) is 13.1 Å². The van der Waals surface area contributed by atoms with Crippen LogP contribution in [-0.4, -0.2) is 18.0 Å². The first-order chi connectivity index (χ1) is 8.79. The highest BCUT2D eigenvalue weighted by atomic mass is 19.1. The molecule has 102 valence electrons. The molecule has 1 aromatic carbocycles. The molecule has 0 amide bonds. The molecule has 0 spiro atoms. The van der Waals surface area contributed by atoms with E-state index in [0.29, 0.717) is 0 Å². The number of piperidine rings is 1. The van der Waals surface area contributed by atoms with Gasteiger partial charge < -0.3 is 0 Å². The van der Waals surface area contributed by atoms with Gasteiger partial charge in [0.2, 0.25) is 0 Å². The van der Waals surface area contributed by atoms with Gasteiger partial charge in [0, 0.05) is 12.1 Å². The molecule has 2 heteroatoms. The molecule has 0 aliphatic carbocycles. The third-order valence-electron chi connectivity index (χ3n) is 3.64. The van der Waals surface area contributed by atoms with Crippen LogP contribution in [0.2, 0.25) is 0 Å². The molecule has 0 aromatic heterocycles. The highest BCUT2D eigenvalue weighted by Gasteiger charge is 2.18. The molecule has 1 aliphatic rings. The Labute approximate surface area is 111 Å². The third kappa shape index (κ3) is 4.41. The molecule has 0 radical (unpaired) electrons. The van der Waals surface area contributed by atoms with Crippen molar-refractivity contribution in [3.63, 3.8) is 0 Å². The fraction of sp³-hybridized carbons (Fsp3) is 0.625. The van der Waals surface area contributed by atoms with Crippen LogP contribution in [0.15, 0.2) is 24.3 Å². The molecular formula is C16H26FN. The van der Waals surface area contributed by atoms with E-state index in [1.807, 2.05) is 26.0 Å². The molecule has 0 saturated carbocycles. The topological polar surface area (TPSA) is 3.24 Å². The molecule has 1 nitrogen and oxygen atoms in total. The van der Waals surface area contributed by atoms with E-state index >= 15 is 0 Å². The highest BCUT2D eigenvalue weighted by molar-refractivity contribution is 5.17. The molecule has 1 fully saturated rings. The molecule has 1 heterocycles. The fourth-order valence-electron chi connectivity index (χ4n) is 2.42. The van der Waals surface area contributed by atoms with Crippen molar-refractivity contribution in [2.24, 2.45) is 5.92 Å². The summed E-state index contributed by atoms with van der Waals surface area (Å²) in [6, 6.07) is 7.11. The molecule has 0 atom stereocenters. The Kier molecular flexibility index (Phi) is 6.96. The van der Waals surface area contributed by atoms with Gasteiger partial charge in [-0.1, -0.05) is 45.4 Å². The summed E-state index contributed by atoms with van der Waals surface area (Å²) < 4.78 is 13.5. The second kappa shape index (κ2) is 8.25. The molecule has 1 aromatic rings. The Bertz CT molecular complexity index is 330. The van der Waals surface area contributed by atoms with Crippen molar-refractivity contribution in [1.29, 1.82) is 0 Å². The minimum Gasteiger partial charge on any atom is -0.299 e. The van der Waals surface area contributed by atoms with E-state index in [9.17, 15) is 4.39 Å². The molecular weight excluding hydrogens is 225 g/mol. The second-order valence-corrected chi connectivity index (χ2v) is 4.72. The zero-order valence-corrected chi connectivity index (χ0v) is 12.0. The van der Waals surface area contributed by atoms with E-state index in [4.69, 9.17) is 0 Å². The van der Waals surface area contributed by atoms with Crippen molar-refractivity contribution >= 4 is 0 Å². The Morgan fingerprint density at radius 3 is 2.33 bits per heavy atom. The summed E-state index contributed by atoms with van der Waals surface area (Å²) in [5.41, 5.74) is 0.831. The number of benzene rings is 1. The summed E-state index contributed by atoms with van der Waals surface area (Å²) in [6.07, 6.45) is 3.82. The lowest BCUT2D eigenvalue weighted by Gasteiger charge is -2.31. The minimum absolute atomic E-state index is 0.0693. The van der Waals surface area contributed by atoms with Crippen LogP contribution in [0.1, 0.15) is 45.6 Å². The molecule has 1 aliphatic heterocycles. The van der Waals surface area contributed by atoms with Crippen molar-refractivity contribution in [1.82, 2.24) is 4.90 Å². The van der Waals surface area contributed by atoms with Crippen molar-refractivity contribution in [2.45, 2.75) is 46.6 Å². The Hall–Kier alpha value is -0.890. The maximum atomic E-state index is 13.5. The summed E-state index contributed by atoms with van der Waals surface area (Å²) in [7, 11) is 0. The molecule has 2 rings (SSSR count). The van der Waals surface area contributed by atoms with Gasteiger partial charge in [-0.3, -0.25) is 4.90 Å². The average Bonchev–Trinajstić information content (AvgIpc) is 2.44. The first-order valence-electron chi connectivity index (χ1n) is 7.25. The second-order valence-electron chi connectivity index (χ2n) is 4.72. The van der Waals surface area contributed by atoms with Crippen LogP contribution in [-0.2, 0) is 6.54 Å². The largest absolute Gasteiger partial charge is 0.299 e. The third-order valence-corrected chi connectivity index (χ3v) is 3.64. The van der Waals surface area contributed by atoms with Gasteiger partial charge >= 0.3 is 0 Å². The first-order valence-corrected chi connectivity index (χ1v) is 7.25. The van der Waals surface area contributed by atoms with Crippen LogP contribution >= 0.6 is 0 Å². The summed E-state index contributed by atoms with van der Waals surface area (Å²) in [5, 5.41) is 0.